The van der Waals surface area contributed by atoms with Gasteiger partial charge in [-0.3, -0.25) is 4.40 Å². The third kappa shape index (κ3) is 3.01. The Labute approximate surface area is 109 Å². The number of nitrogens with one attached hydrogen (secondary N) is 1. The SMILES string of the molecule is CCN(CC)CCCNc1cccc2nccn12. The normalized spacial score (nSPS) is 11.3. The van der Waals surface area contributed by atoms with Crippen molar-refractivity contribution in [1.82, 2.24) is 14.3 Å². The maximum absolute atomic E-state index is 4.28. The molecule has 2 aromatic rings. The second kappa shape index (κ2) is 6.40. The Balaban J connectivity index is 1.85. The lowest BCUT2D eigenvalue weighted by molar-refractivity contribution is 0.303. The fourth-order valence-electron chi connectivity index (χ4n) is 2.15. The molecule has 18 heavy (non-hydrogen) atoms. The maximum atomic E-state index is 4.28. The highest BCUT2D eigenvalue weighted by atomic mass is 15.1. The number of anilines is 1. The van der Waals surface area contributed by atoms with Crippen LogP contribution in [-0.2, 0) is 0 Å². The van der Waals surface area contributed by atoms with Gasteiger partial charge in [0, 0.05) is 18.9 Å². The molecule has 0 atom stereocenters. The number of rotatable bonds is 7. The van der Waals surface area contributed by atoms with Crippen LogP contribution in [0.1, 0.15) is 20.3 Å². The lowest BCUT2D eigenvalue weighted by atomic mass is 10.3. The fraction of sp³-hybridized carbons (Fsp3) is 0.500. The Morgan fingerprint density at radius 1 is 1.28 bits per heavy atom. The van der Waals surface area contributed by atoms with E-state index in [2.05, 4.69) is 39.5 Å². The second-order valence-corrected chi connectivity index (χ2v) is 4.37. The van der Waals surface area contributed by atoms with Crippen LogP contribution in [0.5, 0.6) is 0 Å². The molecule has 0 unspecified atom stereocenters. The van der Waals surface area contributed by atoms with Gasteiger partial charge in [-0.1, -0.05) is 19.9 Å². The van der Waals surface area contributed by atoms with Gasteiger partial charge >= 0.3 is 0 Å². The molecule has 0 saturated heterocycles. The van der Waals surface area contributed by atoms with Crippen LogP contribution in [0.3, 0.4) is 0 Å². The Bertz CT molecular complexity index is 473. The average molecular weight is 246 g/mol. The van der Waals surface area contributed by atoms with E-state index in [9.17, 15) is 0 Å². The summed E-state index contributed by atoms with van der Waals surface area (Å²) < 4.78 is 2.08. The van der Waals surface area contributed by atoms with Gasteiger partial charge in [-0.25, -0.2) is 4.98 Å². The zero-order valence-corrected chi connectivity index (χ0v) is 11.3. The topological polar surface area (TPSA) is 32.6 Å². The van der Waals surface area contributed by atoms with Crippen molar-refractivity contribution in [3.8, 4) is 0 Å². The minimum Gasteiger partial charge on any atom is -0.371 e. The molecule has 0 bridgehead atoms. The third-order valence-corrected chi connectivity index (χ3v) is 3.28. The standard InChI is InChI=1S/C14H22N4/c1-3-17(4-2)11-6-9-15-13-7-5-8-14-16-10-12-18(13)14/h5,7-8,10,12,15H,3-4,6,9,11H2,1-2H3. The van der Waals surface area contributed by atoms with Gasteiger partial charge in [-0.2, -0.15) is 0 Å². The molecule has 0 aliphatic carbocycles. The molecule has 0 spiro atoms. The minimum absolute atomic E-state index is 0.990. The van der Waals surface area contributed by atoms with E-state index >= 15 is 0 Å². The van der Waals surface area contributed by atoms with E-state index in [-0.39, 0.29) is 0 Å². The molecular weight excluding hydrogens is 224 g/mol. The van der Waals surface area contributed by atoms with Crippen LogP contribution in [0.15, 0.2) is 30.6 Å². The highest BCUT2D eigenvalue weighted by Gasteiger charge is 2.01. The van der Waals surface area contributed by atoms with Crippen LogP contribution in [0.4, 0.5) is 5.82 Å². The molecule has 4 heteroatoms. The molecule has 0 amide bonds. The molecular formula is C14H22N4. The number of hydrogen-bond donors (Lipinski definition) is 1. The number of imidazole rings is 1. The Kier molecular flexibility index (Phi) is 4.59. The summed E-state index contributed by atoms with van der Waals surface area (Å²) >= 11 is 0. The molecule has 2 heterocycles. The number of nitrogens with zero attached hydrogens (tertiary/aromatic N) is 3. The summed E-state index contributed by atoms with van der Waals surface area (Å²) in [6, 6.07) is 6.14. The van der Waals surface area contributed by atoms with E-state index in [4.69, 9.17) is 0 Å². The van der Waals surface area contributed by atoms with Gasteiger partial charge in [0.05, 0.1) is 0 Å². The van der Waals surface area contributed by atoms with Crippen molar-refractivity contribution < 1.29 is 0 Å². The molecule has 0 aromatic carbocycles. The Morgan fingerprint density at radius 3 is 2.89 bits per heavy atom. The van der Waals surface area contributed by atoms with E-state index in [1.54, 1.807) is 0 Å². The predicted molar refractivity (Wildman–Crippen MR) is 76.1 cm³/mol. The average Bonchev–Trinajstić information content (AvgIpc) is 2.88. The molecule has 4 nitrogen and oxygen atoms in total. The second-order valence-electron chi connectivity index (χ2n) is 4.37. The van der Waals surface area contributed by atoms with Crippen molar-refractivity contribution in [3.05, 3.63) is 30.6 Å². The third-order valence-electron chi connectivity index (χ3n) is 3.28. The zero-order chi connectivity index (χ0) is 12.8. The van der Waals surface area contributed by atoms with E-state index in [1.807, 2.05) is 24.5 Å². The van der Waals surface area contributed by atoms with Crippen molar-refractivity contribution in [2.45, 2.75) is 20.3 Å². The van der Waals surface area contributed by atoms with E-state index in [0.717, 1.165) is 44.1 Å². The molecule has 1 N–H and O–H groups in total. The van der Waals surface area contributed by atoms with E-state index < -0.39 is 0 Å². The van der Waals surface area contributed by atoms with E-state index in [1.165, 1.54) is 0 Å². The molecule has 0 aliphatic rings. The molecule has 0 radical (unpaired) electrons. The van der Waals surface area contributed by atoms with Gasteiger partial charge in [0.15, 0.2) is 0 Å². The first-order chi connectivity index (χ1) is 8.85. The Hall–Kier alpha value is -1.55. The summed E-state index contributed by atoms with van der Waals surface area (Å²) in [7, 11) is 0. The molecule has 0 saturated carbocycles. The minimum atomic E-state index is 0.990. The van der Waals surface area contributed by atoms with Gasteiger partial charge in [-0.15, -0.1) is 0 Å². The molecule has 2 aromatic heterocycles. The van der Waals surface area contributed by atoms with Crippen molar-refractivity contribution >= 4 is 11.5 Å². The van der Waals surface area contributed by atoms with Crippen molar-refractivity contribution in [2.24, 2.45) is 0 Å². The quantitative estimate of drug-likeness (QED) is 0.762. The maximum Gasteiger partial charge on any atom is 0.138 e. The molecule has 0 aliphatic heterocycles. The van der Waals surface area contributed by atoms with Gasteiger partial charge in [0.1, 0.15) is 11.5 Å². The molecule has 0 fully saturated rings. The Morgan fingerprint density at radius 2 is 2.11 bits per heavy atom. The van der Waals surface area contributed by atoms with Crippen LogP contribution < -0.4 is 5.32 Å². The van der Waals surface area contributed by atoms with Crippen LogP contribution in [0.2, 0.25) is 0 Å². The zero-order valence-electron chi connectivity index (χ0n) is 11.3. The lowest BCUT2D eigenvalue weighted by Crippen LogP contribution is -2.25. The largest absolute Gasteiger partial charge is 0.371 e. The van der Waals surface area contributed by atoms with Crippen LogP contribution in [0, 0.1) is 0 Å². The van der Waals surface area contributed by atoms with E-state index in [0.29, 0.717) is 0 Å². The first-order valence-electron chi connectivity index (χ1n) is 6.73. The monoisotopic (exact) mass is 246 g/mol. The van der Waals surface area contributed by atoms with Crippen LogP contribution in [-0.4, -0.2) is 40.5 Å². The highest BCUT2D eigenvalue weighted by molar-refractivity contribution is 5.49. The van der Waals surface area contributed by atoms with Crippen molar-refractivity contribution in [2.75, 3.05) is 31.5 Å². The number of aromatic nitrogens is 2. The number of hydrogen-bond acceptors (Lipinski definition) is 3. The molecule has 2 rings (SSSR count). The summed E-state index contributed by atoms with van der Waals surface area (Å²) in [4.78, 5) is 6.72. The first kappa shape index (κ1) is 12.9. The van der Waals surface area contributed by atoms with Gasteiger partial charge in [-0.05, 0) is 38.2 Å². The smallest absolute Gasteiger partial charge is 0.138 e. The predicted octanol–water partition coefficient (Wildman–Crippen LogP) is 2.48. The molecule has 98 valence electrons. The summed E-state index contributed by atoms with van der Waals surface area (Å²) in [5.41, 5.74) is 0.990. The highest BCUT2D eigenvalue weighted by Crippen LogP contribution is 2.10. The van der Waals surface area contributed by atoms with Crippen LogP contribution >= 0.6 is 0 Å². The number of fused-ring (bicyclic) bond motifs is 1. The summed E-state index contributed by atoms with van der Waals surface area (Å²) in [5, 5.41) is 3.47. The van der Waals surface area contributed by atoms with Crippen LogP contribution in [0.25, 0.3) is 5.65 Å². The van der Waals surface area contributed by atoms with Gasteiger partial charge in [0.25, 0.3) is 0 Å². The lowest BCUT2D eigenvalue weighted by Gasteiger charge is -2.18. The van der Waals surface area contributed by atoms with Crippen molar-refractivity contribution in [3.63, 3.8) is 0 Å². The first-order valence-corrected chi connectivity index (χ1v) is 6.73. The van der Waals surface area contributed by atoms with Crippen molar-refractivity contribution in [1.29, 1.82) is 0 Å². The fourth-order valence-corrected chi connectivity index (χ4v) is 2.15. The summed E-state index contributed by atoms with van der Waals surface area (Å²) in [5.74, 6) is 1.12. The summed E-state index contributed by atoms with van der Waals surface area (Å²) in [6.45, 7) is 8.83. The summed E-state index contributed by atoms with van der Waals surface area (Å²) in [6.07, 6.45) is 4.98. The number of pyridine rings is 1. The van der Waals surface area contributed by atoms with Gasteiger partial charge < -0.3 is 10.2 Å². The van der Waals surface area contributed by atoms with Gasteiger partial charge in [0.2, 0.25) is 0 Å².